The van der Waals surface area contributed by atoms with Crippen LogP contribution >= 0.6 is 0 Å². The molecule has 2 aliphatic rings. The highest BCUT2D eigenvalue weighted by molar-refractivity contribution is 5.60. The molecule has 1 saturated heterocycles. The van der Waals surface area contributed by atoms with Crippen LogP contribution in [0.3, 0.4) is 0 Å². The fraction of sp³-hybridized carbons (Fsp3) is 0.727. The Labute approximate surface area is 110 Å². The number of ether oxygens (including phenoxy) is 1. The summed E-state index contributed by atoms with van der Waals surface area (Å²) in [6, 6.07) is -0.108. The fourth-order valence-electron chi connectivity index (χ4n) is 3.11. The molecule has 2 heterocycles. The number of fused-ring (bicyclic) bond motifs is 1. The molecule has 19 heavy (non-hydrogen) atoms. The average Bonchev–Trinajstić information content (AvgIpc) is 2.87. The maximum Gasteiger partial charge on any atom is 0.333 e. The Kier molecular flexibility index (Phi) is 2.72. The van der Waals surface area contributed by atoms with Crippen LogP contribution in [0, 0.1) is 23.0 Å². The van der Waals surface area contributed by atoms with E-state index in [1.54, 1.807) is 14.0 Å². The van der Waals surface area contributed by atoms with Crippen molar-refractivity contribution in [2.24, 2.45) is 18.7 Å². The highest BCUT2D eigenvalue weighted by Gasteiger charge is 2.53. The fourth-order valence-corrected chi connectivity index (χ4v) is 3.11. The minimum absolute atomic E-state index is 0.0103. The Morgan fingerprint density at radius 2 is 2.37 bits per heavy atom. The van der Waals surface area contributed by atoms with Crippen LogP contribution in [0.2, 0.25) is 0 Å². The van der Waals surface area contributed by atoms with E-state index in [0.29, 0.717) is 24.0 Å². The van der Waals surface area contributed by atoms with Crippen LogP contribution in [0.4, 0.5) is 11.5 Å². The van der Waals surface area contributed by atoms with Crippen LogP contribution in [-0.2, 0) is 11.8 Å². The number of rotatable bonds is 3. The van der Waals surface area contributed by atoms with Crippen molar-refractivity contribution < 1.29 is 9.66 Å². The number of nitrogens with two attached hydrogens (primary N) is 1. The molecule has 1 saturated carbocycles. The molecule has 0 radical (unpaired) electrons. The summed E-state index contributed by atoms with van der Waals surface area (Å²) in [4.78, 5) is 10.7. The van der Waals surface area contributed by atoms with Crippen LogP contribution in [0.15, 0.2) is 0 Å². The zero-order valence-electron chi connectivity index (χ0n) is 10.9. The van der Waals surface area contributed by atoms with Crippen molar-refractivity contribution in [1.29, 1.82) is 0 Å². The molecular formula is C11H17N5O3. The first kappa shape index (κ1) is 12.4. The van der Waals surface area contributed by atoms with Crippen LogP contribution in [0.1, 0.15) is 12.1 Å². The molecule has 0 amide bonds. The number of anilines is 1. The van der Waals surface area contributed by atoms with Crippen molar-refractivity contribution in [3.05, 3.63) is 15.8 Å². The van der Waals surface area contributed by atoms with Gasteiger partial charge in [0, 0.05) is 25.6 Å². The van der Waals surface area contributed by atoms with Crippen LogP contribution in [0.5, 0.6) is 0 Å². The lowest BCUT2D eigenvalue weighted by molar-refractivity contribution is -0.384. The Hall–Kier alpha value is -1.67. The van der Waals surface area contributed by atoms with Crippen molar-refractivity contribution in [3.63, 3.8) is 0 Å². The second kappa shape index (κ2) is 4.17. The van der Waals surface area contributed by atoms with Gasteiger partial charge in [-0.15, -0.1) is 0 Å². The summed E-state index contributed by atoms with van der Waals surface area (Å²) in [6.45, 7) is 2.34. The molecule has 1 aromatic heterocycles. The van der Waals surface area contributed by atoms with E-state index in [1.807, 2.05) is 0 Å². The van der Waals surface area contributed by atoms with Crippen molar-refractivity contribution in [3.8, 4) is 0 Å². The van der Waals surface area contributed by atoms with E-state index in [1.165, 1.54) is 4.68 Å². The van der Waals surface area contributed by atoms with E-state index >= 15 is 0 Å². The molecule has 1 aliphatic carbocycles. The Morgan fingerprint density at radius 3 is 3.05 bits per heavy atom. The van der Waals surface area contributed by atoms with Gasteiger partial charge in [-0.2, -0.15) is 5.10 Å². The van der Waals surface area contributed by atoms with E-state index in [4.69, 9.17) is 10.5 Å². The smallest absolute Gasteiger partial charge is 0.333 e. The molecule has 8 heteroatoms. The van der Waals surface area contributed by atoms with E-state index in [2.05, 4.69) is 10.4 Å². The van der Waals surface area contributed by atoms with E-state index in [9.17, 15) is 10.1 Å². The zero-order chi connectivity index (χ0) is 13.7. The molecule has 1 aliphatic heterocycles. The summed E-state index contributed by atoms with van der Waals surface area (Å²) in [5.74, 6) is 0.766. The van der Waals surface area contributed by atoms with E-state index in [-0.39, 0.29) is 23.9 Å². The molecule has 4 unspecified atom stereocenters. The number of hydrogen-bond acceptors (Lipinski definition) is 6. The summed E-state index contributed by atoms with van der Waals surface area (Å²) >= 11 is 0. The van der Waals surface area contributed by atoms with Gasteiger partial charge in [0.2, 0.25) is 5.82 Å². The van der Waals surface area contributed by atoms with E-state index < -0.39 is 4.92 Å². The van der Waals surface area contributed by atoms with Gasteiger partial charge in [-0.25, -0.2) is 4.68 Å². The minimum Gasteiger partial charge on any atom is -0.376 e. The van der Waals surface area contributed by atoms with Crippen molar-refractivity contribution in [2.75, 3.05) is 11.9 Å². The highest BCUT2D eigenvalue weighted by atomic mass is 16.6. The standard InChI is InChI=1S/C11H17N5O3/c1-5-9(16(17)18)11(15(2)14-5)13-8-7(12)6-3-4-19-10(6)8/h6-8,10,13H,3-4,12H2,1-2H3. The van der Waals surface area contributed by atoms with Gasteiger partial charge in [-0.3, -0.25) is 10.1 Å². The molecule has 1 aromatic rings. The maximum atomic E-state index is 11.1. The lowest BCUT2D eigenvalue weighted by atomic mass is 9.72. The van der Waals surface area contributed by atoms with Crippen molar-refractivity contribution >= 4 is 11.5 Å². The summed E-state index contributed by atoms with van der Waals surface area (Å²) in [5, 5.41) is 18.3. The Morgan fingerprint density at radius 1 is 1.63 bits per heavy atom. The van der Waals surface area contributed by atoms with Gasteiger partial charge in [-0.05, 0) is 13.3 Å². The largest absolute Gasteiger partial charge is 0.376 e. The average molecular weight is 267 g/mol. The molecule has 0 aromatic carbocycles. The van der Waals surface area contributed by atoms with Gasteiger partial charge in [0.15, 0.2) is 0 Å². The normalized spacial score (nSPS) is 32.8. The third-order valence-electron chi connectivity index (χ3n) is 4.12. The van der Waals surface area contributed by atoms with Crippen molar-refractivity contribution in [1.82, 2.24) is 9.78 Å². The first-order chi connectivity index (χ1) is 9.00. The second-order valence-corrected chi connectivity index (χ2v) is 5.20. The first-order valence-corrected chi connectivity index (χ1v) is 6.32. The molecule has 4 atom stereocenters. The number of aryl methyl sites for hydroxylation is 2. The number of hydrogen-bond donors (Lipinski definition) is 2. The third kappa shape index (κ3) is 1.71. The molecule has 3 rings (SSSR count). The molecular weight excluding hydrogens is 250 g/mol. The molecule has 0 spiro atoms. The lowest BCUT2D eigenvalue weighted by Crippen LogP contribution is -2.65. The molecule has 2 fully saturated rings. The van der Waals surface area contributed by atoms with Crippen LogP contribution < -0.4 is 11.1 Å². The monoisotopic (exact) mass is 267 g/mol. The number of nitro groups is 1. The van der Waals surface area contributed by atoms with Gasteiger partial charge in [0.1, 0.15) is 5.69 Å². The molecule has 0 bridgehead atoms. The third-order valence-corrected chi connectivity index (χ3v) is 4.12. The van der Waals surface area contributed by atoms with Gasteiger partial charge >= 0.3 is 5.69 Å². The summed E-state index contributed by atoms with van der Waals surface area (Å²) in [7, 11) is 1.68. The lowest BCUT2D eigenvalue weighted by Gasteiger charge is -2.45. The molecule has 3 N–H and O–H groups in total. The highest BCUT2D eigenvalue weighted by Crippen LogP contribution is 2.40. The Balaban J connectivity index is 1.86. The number of nitrogens with zero attached hydrogens (tertiary/aromatic N) is 3. The second-order valence-electron chi connectivity index (χ2n) is 5.20. The minimum atomic E-state index is -0.415. The number of nitrogens with one attached hydrogen (secondary N) is 1. The first-order valence-electron chi connectivity index (χ1n) is 6.32. The van der Waals surface area contributed by atoms with E-state index in [0.717, 1.165) is 6.42 Å². The van der Waals surface area contributed by atoms with Gasteiger partial charge in [0.25, 0.3) is 0 Å². The Bertz CT molecular complexity index is 529. The predicted molar refractivity (Wildman–Crippen MR) is 67.8 cm³/mol. The summed E-state index contributed by atoms with van der Waals surface area (Å²) in [6.07, 6.45) is 1.03. The zero-order valence-corrected chi connectivity index (χ0v) is 10.9. The van der Waals surface area contributed by atoms with Gasteiger partial charge in [-0.1, -0.05) is 0 Å². The quantitative estimate of drug-likeness (QED) is 0.596. The maximum absolute atomic E-state index is 11.1. The molecule has 104 valence electrons. The van der Waals surface area contributed by atoms with Crippen LogP contribution in [-0.4, -0.2) is 39.5 Å². The van der Waals surface area contributed by atoms with Gasteiger partial charge in [0.05, 0.1) is 17.1 Å². The summed E-state index contributed by atoms with van der Waals surface area (Å²) < 4.78 is 7.10. The topological polar surface area (TPSA) is 108 Å². The van der Waals surface area contributed by atoms with Gasteiger partial charge < -0.3 is 15.8 Å². The molecule has 8 nitrogen and oxygen atoms in total. The SMILES string of the molecule is Cc1nn(C)c(NC2C(N)C3CCOC32)c1[N+](=O)[O-]. The van der Waals surface area contributed by atoms with Crippen molar-refractivity contribution in [2.45, 2.75) is 31.5 Å². The summed E-state index contributed by atoms with van der Waals surface area (Å²) in [5.41, 5.74) is 6.50. The van der Waals surface area contributed by atoms with Crippen LogP contribution in [0.25, 0.3) is 0 Å². The number of aromatic nitrogens is 2. The predicted octanol–water partition coefficient (Wildman–Crippen LogP) is 0.163.